The lowest BCUT2D eigenvalue weighted by Gasteiger charge is -2.19. The molecule has 1 aliphatic rings. The molecule has 6 rings (SSSR count). The van der Waals surface area contributed by atoms with E-state index in [1.807, 2.05) is 0 Å². The minimum Gasteiger partial charge on any atom is -0.496 e. The predicted octanol–water partition coefficient (Wildman–Crippen LogP) is 4.18. The van der Waals surface area contributed by atoms with Crippen LogP contribution in [0.25, 0.3) is 32.7 Å². The Balaban J connectivity index is 0.000000154. The van der Waals surface area contributed by atoms with Crippen molar-refractivity contribution in [3.05, 3.63) is 76.3 Å². The molecule has 7 heteroatoms. The molecular weight excluding hydrogens is 402 g/mol. The number of aromatic nitrogens is 4. The van der Waals surface area contributed by atoms with Crippen LogP contribution >= 0.6 is 0 Å². The molecule has 0 unspecified atom stereocenters. The number of fused-ring (bicyclic) bond motifs is 6. The molecule has 7 nitrogen and oxygen atoms in total. The predicted molar refractivity (Wildman–Crippen MR) is 127 cm³/mol. The number of nitrogens with two attached hydrogens (primary N) is 1. The summed E-state index contributed by atoms with van der Waals surface area (Å²) in [6.45, 7) is 0. The van der Waals surface area contributed by atoms with Crippen molar-refractivity contribution in [2.45, 2.75) is 25.7 Å². The lowest BCUT2D eigenvalue weighted by Crippen LogP contribution is -2.12. The number of aryl methyl sites for hydroxylation is 2. The Morgan fingerprint density at radius 1 is 0.938 bits per heavy atom. The summed E-state index contributed by atoms with van der Waals surface area (Å²) in [6.07, 6.45) is 7.93. The van der Waals surface area contributed by atoms with E-state index in [4.69, 9.17) is 10.5 Å². The summed E-state index contributed by atoms with van der Waals surface area (Å²) in [4.78, 5) is 24.9. The number of aromatic amines is 1. The molecule has 5 aromatic rings. The van der Waals surface area contributed by atoms with E-state index in [0.29, 0.717) is 0 Å². The topological polar surface area (TPSA) is 107 Å². The van der Waals surface area contributed by atoms with Crippen LogP contribution in [0.1, 0.15) is 24.0 Å². The van der Waals surface area contributed by atoms with E-state index in [2.05, 4.69) is 62.4 Å². The zero-order valence-electron chi connectivity index (χ0n) is 17.8. The molecule has 2 aromatic heterocycles. The van der Waals surface area contributed by atoms with Crippen molar-refractivity contribution in [2.75, 3.05) is 12.8 Å². The summed E-state index contributed by atoms with van der Waals surface area (Å²) < 4.78 is 5.63. The molecule has 0 aliphatic heterocycles. The third-order valence-electron chi connectivity index (χ3n) is 5.92. The van der Waals surface area contributed by atoms with Crippen LogP contribution in [-0.4, -0.2) is 27.0 Å². The normalized spacial score (nSPS) is 12.9. The number of nitrogen functional groups attached to an aromatic ring is 1. The highest BCUT2D eigenvalue weighted by Gasteiger charge is 2.15. The Labute approximate surface area is 184 Å². The zero-order chi connectivity index (χ0) is 22.1. The van der Waals surface area contributed by atoms with Crippen LogP contribution in [0.15, 0.2) is 59.7 Å². The fraction of sp³-hybridized carbons (Fsp3) is 0.200. The maximum Gasteiger partial charge on any atom is 0.280 e. The van der Waals surface area contributed by atoms with E-state index in [9.17, 15) is 4.79 Å². The van der Waals surface area contributed by atoms with Crippen LogP contribution in [0.5, 0.6) is 5.75 Å². The van der Waals surface area contributed by atoms with Crippen molar-refractivity contribution in [3.8, 4) is 5.75 Å². The summed E-state index contributed by atoms with van der Waals surface area (Å²) >= 11 is 0. The van der Waals surface area contributed by atoms with Gasteiger partial charge in [0.15, 0.2) is 11.2 Å². The second kappa shape index (κ2) is 8.26. The molecule has 3 N–H and O–H groups in total. The van der Waals surface area contributed by atoms with Gasteiger partial charge in [-0.25, -0.2) is 9.97 Å². The number of rotatable bonds is 1. The highest BCUT2D eigenvalue weighted by Crippen LogP contribution is 2.37. The van der Waals surface area contributed by atoms with Crippen molar-refractivity contribution in [1.82, 2.24) is 19.9 Å². The molecular formula is C25H23N5O2. The lowest BCUT2D eigenvalue weighted by molar-refractivity contribution is 0.420. The Morgan fingerprint density at radius 3 is 2.53 bits per heavy atom. The number of hydrogen-bond donors (Lipinski definition) is 2. The van der Waals surface area contributed by atoms with Gasteiger partial charge in [0, 0.05) is 17.8 Å². The van der Waals surface area contributed by atoms with E-state index in [-0.39, 0.29) is 22.7 Å². The molecule has 0 radical (unpaired) electrons. The number of nitrogens with one attached hydrogen (secondary N) is 1. The first-order valence-corrected chi connectivity index (χ1v) is 10.6. The number of methoxy groups -OCH3 is 1. The molecule has 0 amide bonds. The number of hydrogen-bond acceptors (Lipinski definition) is 6. The maximum absolute atomic E-state index is 11.1. The Bertz CT molecular complexity index is 1510. The van der Waals surface area contributed by atoms with Gasteiger partial charge in [0.05, 0.1) is 7.11 Å². The fourth-order valence-electron chi connectivity index (χ4n) is 4.46. The monoisotopic (exact) mass is 425 g/mol. The first-order valence-electron chi connectivity index (χ1n) is 10.6. The van der Waals surface area contributed by atoms with Gasteiger partial charge in [-0.2, -0.15) is 4.98 Å². The minimum absolute atomic E-state index is 0.0491. The van der Waals surface area contributed by atoms with Gasteiger partial charge in [-0.1, -0.05) is 36.4 Å². The maximum atomic E-state index is 11.1. The van der Waals surface area contributed by atoms with E-state index < -0.39 is 0 Å². The van der Waals surface area contributed by atoms with Crippen LogP contribution in [0.3, 0.4) is 0 Å². The second-order valence-electron chi connectivity index (χ2n) is 7.81. The van der Waals surface area contributed by atoms with E-state index in [0.717, 1.165) is 5.75 Å². The molecule has 1 aliphatic carbocycles. The summed E-state index contributed by atoms with van der Waals surface area (Å²) in [6, 6.07) is 15.4. The van der Waals surface area contributed by atoms with Crippen LogP contribution in [0.2, 0.25) is 0 Å². The Morgan fingerprint density at radius 2 is 1.69 bits per heavy atom. The standard InChI is InChI=1S/C19H18O.C6H5N5O/c1-20-19-12-18-14-7-3-2-6-13(14)10-11-16(18)15-8-4-5-9-17(15)19;7-6-10-4-3(5(12)11-6)8-1-2-9-4/h4-5,8-12H,2-3,6-7H2,1H3;1-2H,(H3,7,9,10,11,12). The third kappa shape index (κ3) is 3.51. The van der Waals surface area contributed by atoms with Gasteiger partial charge in [-0.3, -0.25) is 9.78 Å². The SMILES string of the molecule is COc1cc2c3c(ccc2c2ccccc12)CCCC3.Nc1nc2nccnc2c(=O)[nH]1. The Hall–Kier alpha value is -4.00. The lowest BCUT2D eigenvalue weighted by atomic mass is 9.86. The van der Waals surface area contributed by atoms with E-state index >= 15 is 0 Å². The minimum atomic E-state index is -0.370. The molecule has 0 spiro atoms. The molecule has 0 saturated carbocycles. The number of H-pyrrole nitrogens is 1. The van der Waals surface area contributed by atoms with Gasteiger partial charge in [-0.15, -0.1) is 0 Å². The molecule has 32 heavy (non-hydrogen) atoms. The average molecular weight is 425 g/mol. The van der Waals surface area contributed by atoms with Gasteiger partial charge >= 0.3 is 0 Å². The second-order valence-corrected chi connectivity index (χ2v) is 7.81. The fourth-order valence-corrected chi connectivity index (χ4v) is 4.46. The number of benzene rings is 3. The van der Waals surface area contributed by atoms with Gasteiger partial charge in [0.25, 0.3) is 5.56 Å². The van der Waals surface area contributed by atoms with Crippen LogP contribution in [-0.2, 0) is 12.8 Å². The number of ether oxygens (including phenoxy) is 1. The van der Waals surface area contributed by atoms with E-state index in [1.165, 1.54) is 70.7 Å². The van der Waals surface area contributed by atoms with Gasteiger partial charge < -0.3 is 10.5 Å². The highest BCUT2D eigenvalue weighted by molar-refractivity contribution is 6.11. The molecule has 160 valence electrons. The molecule has 0 fully saturated rings. The third-order valence-corrected chi connectivity index (χ3v) is 5.92. The van der Waals surface area contributed by atoms with Crippen molar-refractivity contribution in [1.29, 1.82) is 0 Å². The summed E-state index contributed by atoms with van der Waals surface area (Å²) in [5.41, 5.74) is 8.45. The summed E-state index contributed by atoms with van der Waals surface area (Å²) in [5.74, 6) is 1.04. The molecule has 0 atom stereocenters. The molecule has 0 saturated heterocycles. The van der Waals surface area contributed by atoms with Gasteiger partial charge in [0.1, 0.15) is 5.75 Å². The first kappa shape index (κ1) is 19.9. The quantitative estimate of drug-likeness (QED) is 0.390. The van der Waals surface area contributed by atoms with Crippen LogP contribution in [0.4, 0.5) is 5.95 Å². The largest absolute Gasteiger partial charge is 0.496 e. The number of nitrogens with zero attached hydrogens (tertiary/aromatic N) is 3. The van der Waals surface area contributed by atoms with Crippen molar-refractivity contribution in [3.63, 3.8) is 0 Å². The van der Waals surface area contributed by atoms with Crippen molar-refractivity contribution in [2.24, 2.45) is 0 Å². The Kier molecular flexibility index (Phi) is 5.15. The van der Waals surface area contributed by atoms with Crippen LogP contribution in [0, 0.1) is 0 Å². The van der Waals surface area contributed by atoms with Gasteiger partial charge in [0.2, 0.25) is 5.95 Å². The van der Waals surface area contributed by atoms with Crippen molar-refractivity contribution >= 4 is 38.7 Å². The smallest absolute Gasteiger partial charge is 0.280 e. The van der Waals surface area contributed by atoms with E-state index in [1.54, 1.807) is 7.11 Å². The average Bonchev–Trinajstić information content (AvgIpc) is 2.83. The molecule has 0 bridgehead atoms. The number of anilines is 1. The molecule has 3 aromatic carbocycles. The summed E-state index contributed by atoms with van der Waals surface area (Å²) in [7, 11) is 1.77. The first-order chi connectivity index (χ1) is 15.7. The highest BCUT2D eigenvalue weighted by atomic mass is 16.5. The summed E-state index contributed by atoms with van der Waals surface area (Å²) in [5, 5.41) is 5.26. The van der Waals surface area contributed by atoms with Gasteiger partial charge in [-0.05, 0) is 59.0 Å². The molecule has 2 heterocycles. The van der Waals surface area contributed by atoms with Crippen LogP contribution < -0.4 is 16.0 Å². The zero-order valence-corrected chi connectivity index (χ0v) is 17.8. The van der Waals surface area contributed by atoms with Crippen molar-refractivity contribution < 1.29 is 4.74 Å².